The van der Waals surface area contributed by atoms with Crippen molar-refractivity contribution in [3.8, 4) is 0 Å². The minimum atomic E-state index is -3.91. The first kappa shape index (κ1) is 15.6. The Kier molecular flexibility index (Phi) is 4.66. The van der Waals surface area contributed by atoms with Crippen molar-refractivity contribution in [3.63, 3.8) is 0 Å². The number of aryl methyl sites for hydroxylation is 1. The highest BCUT2D eigenvalue weighted by molar-refractivity contribution is 7.89. The van der Waals surface area contributed by atoms with E-state index in [1.165, 1.54) is 6.07 Å². The van der Waals surface area contributed by atoms with Gasteiger partial charge in [0.2, 0.25) is 10.0 Å². The van der Waals surface area contributed by atoms with Crippen LogP contribution in [0.15, 0.2) is 41.6 Å². The lowest BCUT2D eigenvalue weighted by molar-refractivity contribution is 0.278. The molecule has 0 saturated heterocycles. The summed E-state index contributed by atoms with van der Waals surface area (Å²) in [6.07, 6.45) is 3.20. The quantitative estimate of drug-likeness (QED) is 0.877. The summed E-state index contributed by atoms with van der Waals surface area (Å²) in [4.78, 5) is 3.67. The summed E-state index contributed by atoms with van der Waals surface area (Å²) in [6.45, 7) is 1.40. The number of sulfonamides is 1. The van der Waals surface area contributed by atoms with Crippen LogP contribution in [-0.2, 0) is 23.2 Å². The van der Waals surface area contributed by atoms with Gasteiger partial charge in [-0.25, -0.2) is 17.5 Å². The highest BCUT2D eigenvalue weighted by Gasteiger charge is 2.19. The zero-order chi connectivity index (χ0) is 15.5. The molecule has 0 aliphatic rings. The number of aliphatic hydroxyl groups excluding tert-OH is 1. The number of benzene rings is 1. The molecule has 0 aliphatic heterocycles. The van der Waals surface area contributed by atoms with E-state index in [9.17, 15) is 17.9 Å². The number of rotatable bonds is 5. The molecule has 1 aromatic carbocycles. The SMILES string of the molecule is Cc1cnccc1CNS(=O)(=O)c1cc(F)ccc1CO. The lowest BCUT2D eigenvalue weighted by Gasteiger charge is -2.11. The molecule has 0 atom stereocenters. The first-order chi connectivity index (χ1) is 9.94. The second kappa shape index (κ2) is 6.30. The second-order valence-corrected chi connectivity index (χ2v) is 6.27. The van der Waals surface area contributed by atoms with Crippen LogP contribution in [0.4, 0.5) is 4.39 Å². The van der Waals surface area contributed by atoms with Gasteiger partial charge < -0.3 is 5.11 Å². The molecule has 0 spiro atoms. The molecule has 0 aliphatic carbocycles. The minimum absolute atomic E-state index is 0.0675. The molecule has 0 fully saturated rings. The van der Waals surface area contributed by atoms with Crippen molar-refractivity contribution in [1.82, 2.24) is 9.71 Å². The lowest BCUT2D eigenvalue weighted by Crippen LogP contribution is -2.25. The van der Waals surface area contributed by atoms with Gasteiger partial charge in [-0.15, -0.1) is 0 Å². The molecule has 2 N–H and O–H groups in total. The van der Waals surface area contributed by atoms with Crippen LogP contribution in [0.5, 0.6) is 0 Å². The van der Waals surface area contributed by atoms with Crippen LogP contribution in [-0.4, -0.2) is 18.5 Å². The lowest BCUT2D eigenvalue weighted by atomic mass is 10.2. The summed E-state index contributed by atoms with van der Waals surface area (Å²) in [7, 11) is -3.91. The maximum atomic E-state index is 13.3. The summed E-state index contributed by atoms with van der Waals surface area (Å²) in [5, 5.41) is 9.18. The smallest absolute Gasteiger partial charge is 0.241 e. The van der Waals surface area contributed by atoms with Gasteiger partial charge in [-0.2, -0.15) is 0 Å². The number of aliphatic hydroxyl groups is 1. The Balaban J connectivity index is 2.27. The predicted octanol–water partition coefficient (Wildman–Crippen LogP) is 1.50. The molecule has 0 bridgehead atoms. The van der Waals surface area contributed by atoms with E-state index in [0.717, 1.165) is 23.3 Å². The van der Waals surface area contributed by atoms with E-state index >= 15 is 0 Å². The Morgan fingerprint density at radius 3 is 2.71 bits per heavy atom. The van der Waals surface area contributed by atoms with Gasteiger partial charge in [-0.05, 0) is 41.8 Å². The standard InChI is InChI=1S/C14H15FN2O3S/c1-10-7-16-5-4-11(10)8-17-21(19,20)14-6-13(15)3-2-12(14)9-18/h2-7,17-18H,8-9H2,1H3. The normalized spacial score (nSPS) is 11.6. The van der Waals surface area contributed by atoms with Crippen molar-refractivity contribution in [1.29, 1.82) is 0 Å². The molecular formula is C14H15FN2O3S. The van der Waals surface area contributed by atoms with Crippen LogP contribution < -0.4 is 4.72 Å². The van der Waals surface area contributed by atoms with Crippen LogP contribution >= 0.6 is 0 Å². The van der Waals surface area contributed by atoms with E-state index in [0.29, 0.717) is 0 Å². The highest BCUT2D eigenvalue weighted by atomic mass is 32.2. The fraction of sp³-hybridized carbons (Fsp3) is 0.214. The number of pyridine rings is 1. The third-order valence-corrected chi connectivity index (χ3v) is 4.56. The number of nitrogens with zero attached hydrogens (tertiary/aromatic N) is 1. The summed E-state index contributed by atoms with van der Waals surface area (Å²) in [6, 6.07) is 4.96. The van der Waals surface area contributed by atoms with Gasteiger partial charge in [0.15, 0.2) is 0 Å². The number of hydrogen-bond acceptors (Lipinski definition) is 4. The molecule has 0 unspecified atom stereocenters. The van der Waals surface area contributed by atoms with Crippen LogP contribution in [0.3, 0.4) is 0 Å². The molecule has 2 aromatic rings. The van der Waals surface area contributed by atoms with Crippen molar-refractivity contribution < 1.29 is 17.9 Å². The summed E-state index contributed by atoms with van der Waals surface area (Å²) in [5.74, 6) is -0.673. The zero-order valence-electron chi connectivity index (χ0n) is 11.4. The van der Waals surface area contributed by atoms with E-state index in [-0.39, 0.29) is 17.0 Å². The fourth-order valence-corrected chi connectivity index (χ4v) is 3.11. The Labute approximate surface area is 122 Å². The maximum absolute atomic E-state index is 13.3. The van der Waals surface area contributed by atoms with Crippen molar-refractivity contribution in [2.45, 2.75) is 25.0 Å². The molecule has 0 amide bonds. The van der Waals surface area contributed by atoms with Crippen molar-refractivity contribution in [2.75, 3.05) is 0 Å². The molecule has 1 heterocycles. The fourth-order valence-electron chi connectivity index (χ4n) is 1.86. The average molecular weight is 310 g/mol. The zero-order valence-corrected chi connectivity index (χ0v) is 12.2. The molecule has 1 aromatic heterocycles. The van der Waals surface area contributed by atoms with Crippen LogP contribution in [0, 0.1) is 12.7 Å². The molecule has 2 rings (SSSR count). The van der Waals surface area contributed by atoms with E-state index in [2.05, 4.69) is 9.71 Å². The van der Waals surface area contributed by atoms with Gasteiger partial charge in [-0.3, -0.25) is 4.98 Å². The molecule has 112 valence electrons. The number of aromatic nitrogens is 1. The summed E-state index contributed by atoms with van der Waals surface area (Å²) < 4.78 is 40.1. The molecule has 21 heavy (non-hydrogen) atoms. The summed E-state index contributed by atoms with van der Waals surface area (Å²) >= 11 is 0. The second-order valence-electron chi connectivity index (χ2n) is 4.54. The Morgan fingerprint density at radius 2 is 2.05 bits per heavy atom. The molecule has 0 radical (unpaired) electrons. The largest absolute Gasteiger partial charge is 0.392 e. The van der Waals surface area contributed by atoms with E-state index in [4.69, 9.17) is 0 Å². The number of nitrogens with one attached hydrogen (secondary N) is 1. The van der Waals surface area contributed by atoms with Gasteiger partial charge in [0.1, 0.15) is 5.82 Å². The third kappa shape index (κ3) is 3.63. The minimum Gasteiger partial charge on any atom is -0.392 e. The van der Waals surface area contributed by atoms with Gasteiger partial charge in [0, 0.05) is 18.9 Å². The van der Waals surface area contributed by atoms with Crippen LogP contribution in [0.1, 0.15) is 16.7 Å². The average Bonchev–Trinajstić information content (AvgIpc) is 2.46. The Morgan fingerprint density at radius 1 is 1.29 bits per heavy atom. The molecule has 5 nitrogen and oxygen atoms in total. The van der Waals surface area contributed by atoms with E-state index in [1.54, 1.807) is 18.5 Å². The Hall–Kier alpha value is -1.83. The number of hydrogen-bond donors (Lipinski definition) is 2. The van der Waals surface area contributed by atoms with Crippen molar-refractivity contribution >= 4 is 10.0 Å². The third-order valence-electron chi connectivity index (χ3n) is 3.08. The van der Waals surface area contributed by atoms with Gasteiger partial charge in [-0.1, -0.05) is 6.07 Å². The topological polar surface area (TPSA) is 79.3 Å². The van der Waals surface area contributed by atoms with E-state index in [1.807, 2.05) is 6.92 Å². The Bertz CT molecular complexity index is 748. The van der Waals surface area contributed by atoms with Crippen LogP contribution in [0.25, 0.3) is 0 Å². The van der Waals surface area contributed by atoms with Gasteiger partial charge >= 0.3 is 0 Å². The molecular weight excluding hydrogens is 295 g/mol. The first-order valence-electron chi connectivity index (χ1n) is 6.22. The predicted molar refractivity (Wildman–Crippen MR) is 75.3 cm³/mol. The van der Waals surface area contributed by atoms with Crippen molar-refractivity contribution in [2.24, 2.45) is 0 Å². The van der Waals surface area contributed by atoms with Gasteiger partial charge in [0.25, 0.3) is 0 Å². The first-order valence-corrected chi connectivity index (χ1v) is 7.71. The molecule has 7 heteroatoms. The maximum Gasteiger partial charge on any atom is 0.241 e. The monoisotopic (exact) mass is 310 g/mol. The van der Waals surface area contributed by atoms with E-state index < -0.39 is 22.4 Å². The molecule has 0 saturated carbocycles. The van der Waals surface area contributed by atoms with Crippen molar-refractivity contribution in [3.05, 3.63) is 59.2 Å². The highest BCUT2D eigenvalue weighted by Crippen LogP contribution is 2.18. The summed E-state index contributed by atoms with van der Waals surface area (Å²) in [5.41, 5.74) is 1.77. The number of halogens is 1. The van der Waals surface area contributed by atoms with Crippen LogP contribution in [0.2, 0.25) is 0 Å². The van der Waals surface area contributed by atoms with Gasteiger partial charge in [0.05, 0.1) is 11.5 Å².